The van der Waals surface area contributed by atoms with Crippen LogP contribution >= 0.6 is 22.6 Å². The number of aryl methyl sites for hydroxylation is 1. The zero-order chi connectivity index (χ0) is 15.2. The Kier molecular flexibility index (Phi) is 3.89. The third-order valence-electron chi connectivity index (χ3n) is 4.00. The molecule has 3 atom stereocenters. The fourth-order valence-corrected chi connectivity index (χ4v) is 5.89. The van der Waals surface area contributed by atoms with Crippen LogP contribution in [-0.4, -0.2) is 34.9 Å². The van der Waals surface area contributed by atoms with Gasteiger partial charge < -0.3 is 4.74 Å². The van der Waals surface area contributed by atoms with Crippen molar-refractivity contribution in [2.75, 3.05) is 0 Å². The van der Waals surface area contributed by atoms with Crippen molar-refractivity contribution in [3.05, 3.63) is 29.8 Å². The number of benzene rings is 1. The summed E-state index contributed by atoms with van der Waals surface area (Å²) in [5.74, 6) is 0. The van der Waals surface area contributed by atoms with Gasteiger partial charge in [0.05, 0.1) is 4.90 Å². The van der Waals surface area contributed by atoms with E-state index in [1.54, 1.807) is 12.1 Å². The molecular weight excluding hydrogens is 405 g/mol. The highest BCUT2D eigenvalue weighted by molar-refractivity contribution is 14.1. The molecule has 3 unspecified atom stereocenters. The minimum Gasteiger partial charge on any atom is -0.443 e. The number of amides is 1. The highest BCUT2D eigenvalue weighted by atomic mass is 127. The highest BCUT2D eigenvalue weighted by Crippen LogP contribution is 2.38. The van der Waals surface area contributed by atoms with Gasteiger partial charge in [0.25, 0.3) is 10.0 Å². The number of carbonyl (C=O) groups is 1. The fraction of sp³-hybridized carbons (Fsp3) is 0.500. The number of fused-ring (bicyclic) bond motifs is 1. The lowest BCUT2D eigenvalue weighted by Crippen LogP contribution is -2.47. The van der Waals surface area contributed by atoms with Crippen LogP contribution < -0.4 is 0 Å². The second-order valence-electron chi connectivity index (χ2n) is 5.47. The van der Waals surface area contributed by atoms with Crippen LogP contribution in [0, 0.1) is 6.92 Å². The molecule has 1 aliphatic heterocycles. The summed E-state index contributed by atoms with van der Waals surface area (Å²) in [5, 5.41) is 0. The van der Waals surface area contributed by atoms with Crippen molar-refractivity contribution < 1.29 is 17.9 Å². The second kappa shape index (κ2) is 5.42. The standard InChI is InChI=1S/C14H16INO4S/c1-9-5-7-10(8-6-9)21(18,19)16-13-11(15)3-2-4-12(13)20-14(16)17/h5-8,11-13H,2-4H2,1H3. The smallest absolute Gasteiger partial charge is 0.424 e. The molecule has 0 radical (unpaired) electrons. The van der Waals surface area contributed by atoms with Gasteiger partial charge in [0.1, 0.15) is 12.1 Å². The van der Waals surface area contributed by atoms with Crippen LogP contribution in [0.5, 0.6) is 0 Å². The molecule has 21 heavy (non-hydrogen) atoms. The van der Waals surface area contributed by atoms with Crippen LogP contribution in [0.15, 0.2) is 29.2 Å². The van der Waals surface area contributed by atoms with Crippen molar-refractivity contribution in [1.82, 2.24) is 4.31 Å². The molecule has 0 aromatic heterocycles. The van der Waals surface area contributed by atoms with Gasteiger partial charge in [0.2, 0.25) is 0 Å². The molecule has 0 bridgehead atoms. The Balaban J connectivity index is 2.01. The average molecular weight is 421 g/mol. The van der Waals surface area contributed by atoms with Crippen molar-refractivity contribution >= 4 is 38.7 Å². The van der Waals surface area contributed by atoms with E-state index in [0.29, 0.717) is 0 Å². The zero-order valence-corrected chi connectivity index (χ0v) is 14.5. The van der Waals surface area contributed by atoms with Gasteiger partial charge >= 0.3 is 6.09 Å². The summed E-state index contributed by atoms with van der Waals surface area (Å²) < 4.78 is 31.9. The van der Waals surface area contributed by atoms with Crippen LogP contribution in [0.2, 0.25) is 0 Å². The third-order valence-corrected chi connectivity index (χ3v) is 7.14. The number of sulfonamides is 1. The van der Waals surface area contributed by atoms with Gasteiger partial charge in [0.15, 0.2) is 0 Å². The molecule has 5 nitrogen and oxygen atoms in total. The summed E-state index contributed by atoms with van der Waals surface area (Å²) in [5.41, 5.74) is 0.972. The molecule has 2 aliphatic rings. The number of hydrogen-bond donors (Lipinski definition) is 0. The van der Waals surface area contributed by atoms with Crippen molar-refractivity contribution in [2.24, 2.45) is 0 Å². The largest absolute Gasteiger partial charge is 0.443 e. The summed E-state index contributed by atoms with van der Waals surface area (Å²) in [6, 6.07) is 6.15. The lowest BCUT2D eigenvalue weighted by Gasteiger charge is -2.31. The summed E-state index contributed by atoms with van der Waals surface area (Å²) in [6.07, 6.45) is 1.54. The molecule has 2 fully saturated rings. The molecule has 0 N–H and O–H groups in total. The van der Waals surface area contributed by atoms with E-state index in [2.05, 4.69) is 22.6 Å². The Hall–Kier alpha value is -0.830. The Bertz CT molecular complexity index is 658. The molecular formula is C14H16INO4S. The van der Waals surface area contributed by atoms with Gasteiger partial charge in [-0.25, -0.2) is 13.2 Å². The quantitative estimate of drug-likeness (QED) is 0.544. The van der Waals surface area contributed by atoms with Crippen molar-refractivity contribution in [1.29, 1.82) is 0 Å². The lowest BCUT2D eigenvalue weighted by molar-refractivity contribution is 0.116. The summed E-state index contributed by atoms with van der Waals surface area (Å²) in [4.78, 5) is 12.2. The number of nitrogens with zero attached hydrogens (tertiary/aromatic N) is 1. The second-order valence-corrected chi connectivity index (χ2v) is 8.89. The van der Waals surface area contributed by atoms with E-state index in [9.17, 15) is 13.2 Å². The van der Waals surface area contributed by atoms with Gasteiger partial charge in [-0.15, -0.1) is 0 Å². The summed E-state index contributed by atoms with van der Waals surface area (Å²) >= 11 is 2.23. The van der Waals surface area contributed by atoms with E-state index in [0.717, 1.165) is 29.1 Å². The first kappa shape index (κ1) is 15.1. The number of hydrogen-bond acceptors (Lipinski definition) is 4. The lowest BCUT2D eigenvalue weighted by atomic mass is 9.93. The molecule has 1 saturated carbocycles. The minimum atomic E-state index is -3.85. The molecule has 7 heteroatoms. The molecule has 1 aromatic carbocycles. The van der Waals surface area contributed by atoms with Crippen molar-refractivity contribution in [3.63, 3.8) is 0 Å². The SMILES string of the molecule is Cc1ccc(S(=O)(=O)N2C(=O)OC3CCCC(I)C32)cc1. The van der Waals surface area contributed by atoms with E-state index in [-0.39, 0.29) is 14.9 Å². The van der Waals surface area contributed by atoms with Gasteiger partial charge in [0, 0.05) is 3.92 Å². The number of alkyl halides is 1. The van der Waals surface area contributed by atoms with E-state index in [1.807, 2.05) is 6.92 Å². The summed E-state index contributed by atoms with van der Waals surface area (Å²) in [7, 11) is -3.85. The van der Waals surface area contributed by atoms with E-state index >= 15 is 0 Å². The van der Waals surface area contributed by atoms with Gasteiger partial charge in [-0.2, -0.15) is 4.31 Å². The van der Waals surface area contributed by atoms with Gasteiger partial charge in [-0.05, 0) is 38.3 Å². The van der Waals surface area contributed by atoms with Crippen LogP contribution in [0.3, 0.4) is 0 Å². The van der Waals surface area contributed by atoms with Crippen molar-refractivity contribution in [2.45, 2.75) is 47.2 Å². The maximum Gasteiger partial charge on any atom is 0.424 e. The Labute approximate surface area is 137 Å². The van der Waals surface area contributed by atoms with E-state index in [1.165, 1.54) is 12.1 Å². The maximum absolute atomic E-state index is 12.8. The average Bonchev–Trinajstić information content (AvgIpc) is 2.77. The van der Waals surface area contributed by atoms with Crippen LogP contribution in [0.25, 0.3) is 0 Å². The first-order chi connectivity index (χ1) is 9.91. The maximum atomic E-state index is 12.8. The Morgan fingerprint density at radius 3 is 2.57 bits per heavy atom. The third kappa shape index (κ3) is 2.54. The normalized spacial score (nSPS) is 29.1. The first-order valence-electron chi connectivity index (χ1n) is 6.87. The molecule has 1 amide bonds. The predicted molar refractivity (Wildman–Crippen MR) is 85.9 cm³/mol. The molecule has 1 aliphatic carbocycles. The van der Waals surface area contributed by atoms with Crippen LogP contribution in [0.1, 0.15) is 24.8 Å². The van der Waals surface area contributed by atoms with Crippen LogP contribution in [0.4, 0.5) is 4.79 Å². The molecule has 0 spiro atoms. The fourth-order valence-electron chi connectivity index (χ4n) is 2.90. The predicted octanol–water partition coefficient (Wildman–Crippen LogP) is 2.86. The minimum absolute atomic E-state index is 0.0908. The topological polar surface area (TPSA) is 63.7 Å². The number of halogens is 1. The molecule has 1 saturated heterocycles. The van der Waals surface area contributed by atoms with Crippen LogP contribution in [-0.2, 0) is 14.8 Å². The number of rotatable bonds is 2. The monoisotopic (exact) mass is 421 g/mol. The molecule has 114 valence electrons. The van der Waals surface area contributed by atoms with Crippen molar-refractivity contribution in [3.8, 4) is 0 Å². The molecule has 1 heterocycles. The number of ether oxygens (including phenoxy) is 1. The Morgan fingerprint density at radius 2 is 1.90 bits per heavy atom. The van der Waals surface area contributed by atoms with E-state index in [4.69, 9.17) is 4.74 Å². The zero-order valence-electron chi connectivity index (χ0n) is 11.5. The highest BCUT2D eigenvalue weighted by Gasteiger charge is 2.52. The Morgan fingerprint density at radius 1 is 1.24 bits per heavy atom. The molecule has 3 rings (SSSR count). The summed E-state index contributed by atoms with van der Waals surface area (Å²) in [6.45, 7) is 1.89. The van der Waals surface area contributed by atoms with Gasteiger partial charge in [-0.3, -0.25) is 0 Å². The number of carbonyl (C=O) groups excluding carboxylic acids is 1. The van der Waals surface area contributed by atoms with E-state index < -0.39 is 22.2 Å². The van der Waals surface area contributed by atoms with Gasteiger partial charge in [-0.1, -0.05) is 40.3 Å². The first-order valence-corrected chi connectivity index (χ1v) is 9.55. The molecule has 1 aromatic rings.